The van der Waals surface area contributed by atoms with Crippen LogP contribution in [0.4, 0.5) is 17.1 Å². The number of para-hydroxylation sites is 1. The highest BCUT2D eigenvalue weighted by molar-refractivity contribution is 7.25. The Kier molecular flexibility index (Phi) is 6.54. The minimum Gasteiger partial charge on any atom is -0.456 e. The Morgan fingerprint density at radius 3 is 1.82 bits per heavy atom. The van der Waals surface area contributed by atoms with Crippen LogP contribution in [0.2, 0.25) is 0 Å². The van der Waals surface area contributed by atoms with Crippen LogP contribution in [0.25, 0.3) is 64.4 Å². The molecule has 2 aliphatic rings. The molecule has 2 aromatic heterocycles. The van der Waals surface area contributed by atoms with Gasteiger partial charge in [0.05, 0.1) is 0 Å². The molecule has 2 aliphatic carbocycles. The average Bonchev–Trinajstić information content (AvgIpc) is 3.86. The Morgan fingerprint density at radius 2 is 1.05 bits per heavy atom. The fourth-order valence-corrected chi connectivity index (χ4v) is 11.0. The maximum atomic E-state index is 6.72. The van der Waals surface area contributed by atoms with Gasteiger partial charge >= 0.3 is 0 Å². The Hall–Kier alpha value is -5.64. The zero-order valence-corrected chi connectivity index (χ0v) is 33.3. The van der Waals surface area contributed by atoms with Crippen molar-refractivity contribution >= 4 is 70.5 Å². The SMILES string of the molecule is CC(C)(C)c1cccc2c1oc1cc3c(cc12)C(C)(C)c1cc(N(c2ccc4c(c2)C(C)(C)c2ccccc2-4)c2ccc4c(c2)sc2ccccc24)ccc1-3. The summed E-state index contributed by atoms with van der Waals surface area (Å²) in [4.78, 5) is 2.48. The summed E-state index contributed by atoms with van der Waals surface area (Å²) in [6.07, 6.45) is 0. The van der Waals surface area contributed by atoms with Crippen LogP contribution >= 0.6 is 11.3 Å². The molecule has 9 aromatic rings. The highest BCUT2D eigenvalue weighted by Gasteiger charge is 2.38. The van der Waals surface area contributed by atoms with Gasteiger partial charge in [0.2, 0.25) is 0 Å². The molecule has 268 valence electrons. The minimum atomic E-state index is -0.206. The number of nitrogens with zero attached hydrogens (tertiary/aromatic N) is 1. The molecular formula is C52H43NOS. The van der Waals surface area contributed by atoms with E-state index in [4.69, 9.17) is 4.42 Å². The lowest BCUT2D eigenvalue weighted by molar-refractivity contribution is 0.573. The molecule has 0 spiro atoms. The van der Waals surface area contributed by atoms with Crippen molar-refractivity contribution in [2.24, 2.45) is 0 Å². The van der Waals surface area contributed by atoms with Gasteiger partial charge in [-0.2, -0.15) is 0 Å². The molecule has 2 heterocycles. The fourth-order valence-electron chi connectivity index (χ4n) is 9.87. The van der Waals surface area contributed by atoms with E-state index in [-0.39, 0.29) is 16.2 Å². The van der Waals surface area contributed by atoms with E-state index in [1.54, 1.807) is 0 Å². The molecule has 0 unspecified atom stereocenters. The Balaban J connectivity index is 1.10. The Bertz CT molecular complexity index is 3090. The maximum absolute atomic E-state index is 6.72. The molecule has 0 amide bonds. The third kappa shape index (κ3) is 4.54. The van der Waals surface area contributed by atoms with Crippen molar-refractivity contribution in [1.29, 1.82) is 0 Å². The number of furan rings is 1. The van der Waals surface area contributed by atoms with Gasteiger partial charge in [0.1, 0.15) is 11.2 Å². The number of anilines is 3. The van der Waals surface area contributed by atoms with E-state index in [0.717, 1.165) is 16.9 Å². The van der Waals surface area contributed by atoms with Crippen molar-refractivity contribution in [3.05, 3.63) is 161 Å². The first-order valence-electron chi connectivity index (χ1n) is 19.5. The fraction of sp³-hybridized carbons (Fsp3) is 0.192. The molecule has 0 aliphatic heterocycles. The highest BCUT2D eigenvalue weighted by Crippen LogP contribution is 2.54. The van der Waals surface area contributed by atoms with Crippen molar-refractivity contribution in [3.63, 3.8) is 0 Å². The molecule has 0 fully saturated rings. The molecule has 0 radical (unpaired) electrons. The standard InChI is InChI=1S/C52H43NOS/c1-50(2,3)42-17-12-15-38-40-28-45-39(29-46(40)54-49(38)42)35-23-20-31(26-44(35)52(45,6)7)53(32-21-24-37-36-14-9-11-18-47(36)55-48(37)27-32)30-19-22-34-33-13-8-10-16-41(33)51(4,5)43(34)25-30/h8-29H,1-7H3. The van der Waals surface area contributed by atoms with E-state index in [9.17, 15) is 0 Å². The smallest absolute Gasteiger partial charge is 0.139 e. The molecule has 55 heavy (non-hydrogen) atoms. The minimum absolute atomic E-state index is 0.00960. The van der Waals surface area contributed by atoms with E-state index >= 15 is 0 Å². The first-order chi connectivity index (χ1) is 26.4. The number of hydrogen-bond acceptors (Lipinski definition) is 3. The van der Waals surface area contributed by atoms with Crippen LogP contribution in [0.3, 0.4) is 0 Å². The van der Waals surface area contributed by atoms with Crippen molar-refractivity contribution in [1.82, 2.24) is 0 Å². The van der Waals surface area contributed by atoms with Gasteiger partial charge < -0.3 is 9.32 Å². The normalized spacial score (nSPS) is 15.1. The van der Waals surface area contributed by atoms with Crippen LogP contribution in [0.5, 0.6) is 0 Å². The zero-order valence-electron chi connectivity index (χ0n) is 32.5. The van der Waals surface area contributed by atoms with E-state index in [1.165, 1.54) is 92.4 Å². The third-order valence-corrected chi connectivity index (χ3v) is 13.9. The van der Waals surface area contributed by atoms with Gasteiger partial charge in [0, 0.05) is 64.4 Å². The number of benzene rings is 7. The van der Waals surface area contributed by atoms with Crippen LogP contribution < -0.4 is 4.90 Å². The number of rotatable bonds is 3. The van der Waals surface area contributed by atoms with Gasteiger partial charge in [-0.05, 0) is 105 Å². The molecule has 11 rings (SSSR count). The monoisotopic (exact) mass is 729 g/mol. The topological polar surface area (TPSA) is 16.4 Å². The van der Waals surface area contributed by atoms with Gasteiger partial charge in [0.15, 0.2) is 0 Å². The highest BCUT2D eigenvalue weighted by atomic mass is 32.1. The summed E-state index contributed by atoms with van der Waals surface area (Å²) in [6, 6.07) is 50.3. The third-order valence-electron chi connectivity index (χ3n) is 12.8. The van der Waals surface area contributed by atoms with Crippen molar-refractivity contribution in [3.8, 4) is 22.3 Å². The predicted octanol–water partition coefficient (Wildman–Crippen LogP) is 15.3. The van der Waals surface area contributed by atoms with Crippen LogP contribution in [-0.2, 0) is 16.2 Å². The van der Waals surface area contributed by atoms with Crippen molar-refractivity contribution < 1.29 is 4.42 Å². The van der Waals surface area contributed by atoms with Crippen LogP contribution in [-0.4, -0.2) is 0 Å². The number of thiophene rings is 1. The second-order valence-corrected chi connectivity index (χ2v) is 18.9. The molecule has 0 saturated carbocycles. The van der Waals surface area contributed by atoms with E-state index in [2.05, 4.69) is 187 Å². The molecule has 7 aromatic carbocycles. The lowest BCUT2D eigenvalue weighted by Crippen LogP contribution is -2.18. The molecular weight excluding hydrogens is 687 g/mol. The quantitative estimate of drug-likeness (QED) is 0.180. The van der Waals surface area contributed by atoms with E-state index < -0.39 is 0 Å². The first kappa shape index (κ1) is 32.8. The average molecular weight is 730 g/mol. The number of hydrogen-bond donors (Lipinski definition) is 0. The molecule has 0 bridgehead atoms. The second-order valence-electron chi connectivity index (χ2n) is 17.8. The molecule has 3 heteroatoms. The summed E-state index contributed by atoms with van der Waals surface area (Å²) in [5.41, 5.74) is 17.1. The number of fused-ring (bicyclic) bond motifs is 12. The lowest BCUT2D eigenvalue weighted by Gasteiger charge is -2.29. The van der Waals surface area contributed by atoms with Crippen molar-refractivity contribution in [2.45, 2.75) is 64.7 Å². The molecule has 0 saturated heterocycles. The van der Waals surface area contributed by atoms with Crippen LogP contribution in [0.1, 0.15) is 76.3 Å². The molecule has 0 atom stereocenters. The summed E-state index contributed by atoms with van der Waals surface area (Å²) in [6.45, 7) is 16.3. The van der Waals surface area contributed by atoms with E-state index in [1.807, 2.05) is 11.3 Å². The van der Waals surface area contributed by atoms with Gasteiger partial charge in [-0.1, -0.05) is 127 Å². The second kappa shape index (κ2) is 11.0. The Morgan fingerprint density at radius 1 is 0.473 bits per heavy atom. The van der Waals surface area contributed by atoms with Crippen LogP contribution in [0.15, 0.2) is 138 Å². The maximum Gasteiger partial charge on any atom is 0.139 e. The van der Waals surface area contributed by atoms with Gasteiger partial charge in [-0.15, -0.1) is 11.3 Å². The van der Waals surface area contributed by atoms with Crippen molar-refractivity contribution in [2.75, 3.05) is 4.90 Å². The summed E-state index contributed by atoms with van der Waals surface area (Å²) in [7, 11) is 0. The largest absolute Gasteiger partial charge is 0.456 e. The predicted molar refractivity (Wildman–Crippen MR) is 235 cm³/mol. The molecule has 2 nitrogen and oxygen atoms in total. The summed E-state index contributed by atoms with van der Waals surface area (Å²) >= 11 is 1.88. The van der Waals surface area contributed by atoms with E-state index in [0.29, 0.717) is 0 Å². The summed E-state index contributed by atoms with van der Waals surface area (Å²) < 4.78 is 9.35. The van der Waals surface area contributed by atoms with Gasteiger partial charge in [-0.25, -0.2) is 0 Å². The van der Waals surface area contributed by atoms with Gasteiger partial charge in [0.25, 0.3) is 0 Å². The summed E-state index contributed by atoms with van der Waals surface area (Å²) in [5.74, 6) is 0. The molecule has 0 N–H and O–H groups in total. The van der Waals surface area contributed by atoms with Gasteiger partial charge in [-0.3, -0.25) is 0 Å². The van der Waals surface area contributed by atoms with Crippen LogP contribution in [0, 0.1) is 0 Å². The Labute approximate surface area is 326 Å². The lowest BCUT2D eigenvalue weighted by atomic mass is 9.81. The zero-order chi connectivity index (χ0) is 37.6. The first-order valence-corrected chi connectivity index (χ1v) is 20.3. The summed E-state index contributed by atoms with van der Waals surface area (Å²) in [5, 5.41) is 5.03.